The molecule has 0 bridgehead atoms. The van der Waals surface area contributed by atoms with Crippen molar-refractivity contribution in [3.05, 3.63) is 70.8 Å². The molecule has 0 aromatic heterocycles. The first-order valence-electron chi connectivity index (χ1n) is 13.1. The Morgan fingerprint density at radius 3 is 2.11 bits per heavy atom. The normalized spacial score (nSPS) is 14.9. The Balaban J connectivity index is 1.34. The van der Waals surface area contributed by atoms with Crippen molar-refractivity contribution < 1.29 is 18.0 Å². The summed E-state index contributed by atoms with van der Waals surface area (Å²) in [5.41, 5.74) is 2.28. The van der Waals surface area contributed by atoms with Crippen LogP contribution in [0.15, 0.2) is 48.5 Å². The Morgan fingerprint density at radius 1 is 0.886 bits per heavy atom. The fraction of sp³-hybridized carbons (Fsp3) is 0.552. The van der Waals surface area contributed by atoms with E-state index in [1.54, 1.807) is 0 Å². The number of aryl methyl sites for hydroxylation is 1. The minimum absolute atomic E-state index is 0.104. The van der Waals surface area contributed by atoms with Crippen LogP contribution in [0.25, 0.3) is 0 Å². The fourth-order valence-corrected chi connectivity index (χ4v) is 4.68. The molecule has 0 spiro atoms. The molecule has 6 heteroatoms. The average Bonchev–Trinajstić information content (AvgIpc) is 2.86. The molecule has 35 heavy (non-hydrogen) atoms. The van der Waals surface area contributed by atoms with E-state index in [0.29, 0.717) is 12.5 Å². The highest BCUT2D eigenvalue weighted by atomic mass is 19.4. The number of nitrogens with one attached hydrogen (secondary N) is 1. The second-order valence-electron chi connectivity index (χ2n) is 9.78. The number of alkyl halides is 3. The lowest BCUT2D eigenvalue weighted by atomic mass is 9.96. The van der Waals surface area contributed by atoms with Gasteiger partial charge in [-0.3, -0.25) is 4.79 Å². The number of likely N-dealkylation sites (tertiary alicyclic amines) is 1. The lowest BCUT2D eigenvalue weighted by molar-refractivity contribution is -0.137. The quantitative estimate of drug-likeness (QED) is 0.319. The molecule has 2 aromatic rings. The summed E-state index contributed by atoms with van der Waals surface area (Å²) in [6.07, 6.45) is 6.36. The molecule has 1 heterocycles. The van der Waals surface area contributed by atoms with Gasteiger partial charge in [0.25, 0.3) is 5.91 Å². The average molecular weight is 489 g/mol. The number of benzene rings is 2. The third-order valence-electron chi connectivity index (χ3n) is 6.97. The number of hydrogen-bond acceptors (Lipinski definition) is 2. The van der Waals surface area contributed by atoms with E-state index in [-0.39, 0.29) is 5.91 Å². The van der Waals surface area contributed by atoms with Crippen molar-refractivity contribution in [1.82, 2.24) is 10.2 Å². The van der Waals surface area contributed by atoms with Crippen molar-refractivity contribution in [2.75, 3.05) is 19.6 Å². The largest absolute Gasteiger partial charge is 0.416 e. The number of unbranched alkanes of at least 4 members (excludes halogenated alkanes) is 5. The number of nitrogens with zero attached hydrogens (tertiary/aromatic N) is 1. The van der Waals surface area contributed by atoms with Gasteiger partial charge in [0.05, 0.1) is 5.56 Å². The van der Waals surface area contributed by atoms with Gasteiger partial charge >= 0.3 is 6.18 Å². The maximum Gasteiger partial charge on any atom is 0.416 e. The SMILES string of the molecule is CCCCCCCCc1ccc(C(=O)N2CCC(CNCc3ccc(C(F)(F)F)cc3)CC2)cc1. The summed E-state index contributed by atoms with van der Waals surface area (Å²) in [5.74, 6) is 0.570. The summed E-state index contributed by atoms with van der Waals surface area (Å²) in [7, 11) is 0. The molecule has 1 N–H and O–H groups in total. The van der Waals surface area contributed by atoms with Crippen LogP contribution < -0.4 is 5.32 Å². The second kappa shape index (κ2) is 13.7. The highest BCUT2D eigenvalue weighted by Gasteiger charge is 2.30. The van der Waals surface area contributed by atoms with Gasteiger partial charge < -0.3 is 10.2 Å². The first kappa shape index (κ1) is 27.3. The van der Waals surface area contributed by atoms with Crippen LogP contribution >= 0.6 is 0 Å². The molecule has 0 aliphatic carbocycles. The van der Waals surface area contributed by atoms with Crippen LogP contribution in [0.5, 0.6) is 0 Å². The topological polar surface area (TPSA) is 32.3 Å². The first-order valence-corrected chi connectivity index (χ1v) is 13.1. The van der Waals surface area contributed by atoms with Crippen molar-refractivity contribution in [2.24, 2.45) is 5.92 Å². The van der Waals surface area contributed by atoms with E-state index in [2.05, 4.69) is 24.4 Å². The van der Waals surface area contributed by atoms with Crippen LogP contribution in [0.3, 0.4) is 0 Å². The molecular formula is C29H39F3N2O. The molecule has 3 nitrogen and oxygen atoms in total. The molecule has 0 saturated carbocycles. The van der Waals surface area contributed by atoms with Gasteiger partial charge in [-0.05, 0) is 73.5 Å². The molecule has 3 rings (SSSR count). The predicted molar refractivity (Wildman–Crippen MR) is 135 cm³/mol. The fourth-order valence-electron chi connectivity index (χ4n) is 4.68. The zero-order valence-corrected chi connectivity index (χ0v) is 20.9. The van der Waals surface area contributed by atoms with Crippen molar-refractivity contribution in [2.45, 2.75) is 77.4 Å². The van der Waals surface area contributed by atoms with E-state index in [0.717, 1.165) is 62.2 Å². The van der Waals surface area contributed by atoms with Gasteiger partial charge in [0.1, 0.15) is 0 Å². The molecule has 1 fully saturated rings. The first-order chi connectivity index (χ1) is 16.9. The van der Waals surface area contributed by atoms with Crippen molar-refractivity contribution in [3.8, 4) is 0 Å². The van der Waals surface area contributed by atoms with E-state index in [1.807, 2.05) is 17.0 Å². The Labute approximate surface area is 208 Å². The minimum atomic E-state index is -4.30. The molecule has 1 aliphatic rings. The number of carbonyl (C=O) groups excluding carboxylic acids is 1. The number of rotatable bonds is 12. The molecular weight excluding hydrogens is 449 g/mol. The number of amides is 1. The monoisotopic (exact) mass is 488 g/mol. The number of piperidine rings is 1. The standard InChI is InChI=1S/C29H39F3N2O/c1-2-3-4-5-6-7-8-23-9-13-26(14-10-23)28(35)34-19-17-25(18-20-34)22-33-21-24-11-15-27(16-12-24)29(30,31)32/h9-16,25,33H,2-8,17-22H2,1H3. The van der Waals surface area contributed by atoms with Gasteiger partial charge in [-0.15, -0.1) is 0 Å². The number of halogens is 3. The van der Waals surface area contributed by atoms with Crippen molar-refractivity contribution >= 4 is 5.91 Å². The molecule has 1 aliphatic heterocycles. The summed E-state index contributed by atoms with van der Waals surface area (Å²) < 4.78 is 38.0. The highest BCUT2D eigenvalue weighted by molar-refractivity contribution is 5.94. The van der Waals surface area contributed by atoms with Crippen LogP contribution in [-0.4, -0.2) is 30.4 Å². The van der Waals surface area contributed by atoms with Crippen LogP contribution in [0.1, 0.15) is 85.3 Å². The molecule has 0 radical (unpaired) electrons. The molecule has 2 aromatic carbocycles. The zero-order valence-electron chi connectivity index (χ0n) is 20.9. The second-order valence-corrected chi connectivity index (χ2v) is 9.78. The molecule has 192 valence electrons. The van der Waals surface area contributed by atoms with Gasteiger partial charge in [0.2, 0.25) is 0 Å². The minimum Gasteiger partial charge on any atom is -0.339 e. The molecule has 0 unspecified atom stereocenters. The Kier molecular flexibility index (Phi) is 10.6. The summed E-state index contributed by atoms with van der Waals surface area (Å²) in [5, 5.41) is 3.36. The van der Waals surface area contributed by atoms with Crippen LogP contribution in [-0.2, 0) is 19.1 Å². The maximum absolute atomic E-state index is 12.9. The summed E-state index contributed by atoms with van der Waals surface area (Å²) >= 11 is 0. The predicted octanol–water partition coefficient (Wildman–Crippen LogP) is 7.25. The summed E-state index contributed by atoms with van der Waals surface area (Å²) in [4.78, 5) is 14.8. The van der Waals surface area contributed by atoms with Gasteiger partial charge in [-0.25, -0.2) is 0 Å². The Morgan fingerprint density at radius 2 is 1.49 bits per heavy atom. The smallest absolute Gasteiger partial charge is 0.339 e. The summed E-state index contributed by atoms with van der Waals surface area (Å²) in [6, 6.07) is 13.4. The van der Waals surface area contributed by atoms with Crippen LogP contribution in [0.2, 0.25) is 0 Å². The third-order valence-corrected chi connectivity index (χ3v) is 6.97. The molecule has 1 saturated heterocycles. The van der Waals surface area contributed by atoms with Crippen LogP contribution in [0.4, 0.5) is 13.2 Å². The van der Waals surface area contributed by atoms with Crippen molar-refractivity contribution in [3.63, 3.8) is 0 Å². The van der Waals surface area contributed by atoms with Crippen molar-refractivity contribution in [1.29, 1.82) is 0 Å². The van der Waals surface area contributed by atoms with Crippen LogP contribution in [0, 0.1) is 5.92 Å². The highest BCUT2D eigenvalue weighted by Crippen LogP contribution is 2.29. The number of carbonyl (C=O) groups is 1. The lowest BCUT2D eigenvalue weighted by Gasteiger charge is -2.32. The third kappa shape index (κ3) is 8.99. The van der Waals surface area contributed by atoms with E-state index < -0.39 is 11.7 Å². The van der Waals surface area contributed by atoms with E-state index in [4.69, 9.17) is 0 Å². The Hall–Kier alpha value is -2.34. The Bertz CT molecular complexity index is 886. The van der Waals surface area contributed by atoms with E-state index in [9.17, 15) is 18.0 Å². The molecule has 1 amide bonds. The molecule has 0 atom stereocenters. The van der Waals surface area contributed by atoms with Gasteiger partial charge in [0, 0.05) is 25.2 Å². The van der Waals surface area contributed by atoms with Gasteiger partial charge in [-0.2, -0.15) is 13.2 Å². The maximum atomic E-state index is 12.9. The number of hydrogen-bond donors (Lipinski definition) is 1. The van der Waals surface area contributed by atoms with Gasteiger partial charge in [0.15, 0.2) is 0 Å². The van der Waals surface area contributed by atoms with Gasteiger partial charge in [-0.1, -0.05) is 63.3 Å². The zero-order chi connectivity index (χ0) is 25.1. The van der Waals surface area contributed by atoms with E-state index in [1.165, 1.54) is 56.2 Å². The summed E-state index contributed by atoms with van der Waals surface area (Å²) in [6.45, 7) is 5.06. The van der Waals surface area contributed by atoms with E-state index >= 15 is 0 Å². The lowest BCUT2D eigenvalue weighted by Crippen LogP contribution is -2.40.